The Kier molecular flexibility index (Phi) is 3.57. The standard InChI is InChI=1S/C12H9BrFN3O/c13-8-6-7(4-5-9(8)14)16-12(18)10-2-1-3-11(15)17-10/h1-6H,(H2,15,17)(H,16,18). The van der Waals surface area contributed by atoms with Crippen molar-refractivity contribution in [1.29, 1.82) is 0 Å². The number of carbonyl (C=O) groups excluding carboxylic acids is 1. The van der Waals surface area contributed by atoms with Crippen molar-refractivity contribution in [1.82, 2.24) is 4.98 Å². The van der Waals surface area contributed by atoms with Crippen LogP contribution in [0.4, 0.5) is 15.9 Å². The number of nitrogens with two attached hydrogens (primary N) is 1. The number of hydrogen-bond acceptors (Lipinski definition) is 3. The van der Waals surface area contributed by atoms with Crippen molar-refractivity contribution in [3.05, 3.63) is 52.4 Å². The Labute approximate surface area is 111 Å². The molecule has 0 unspecified atom stereocenters. The largest absolute Gasteiger partial charge is 0.384 e. The first kappa shape index (κ1) is 12.5. The normalized spacial score (nSPS) is 10.1. The van der Waals surface area contributed by atoms with Crippen LogP contribution in [-0.4, -0.2) is 10.9 Å². The van der Waals surface area contributed by atoms with Crippen LogP contribution < -0.4 is 11.1 Å². The van der Waals surface area contributed by atoms with E-state index in [1.807, 2.05) is 0 Å². The number of aromatic nitrogens is 1. The zero-order valence-electron chi connectivity index (χ0n) is 9.15. The first-order chi connectivity index (χ1) is 8.56. The number of nitrogens with one attached hydrogen (secondary N) is 1. The van der Waals surface area contributed by atoms with Gasteiger partial charge in [-0.05, 0) is 46.3 Å². The molecule has 0 aliphatic rings. The minimum absolute atomic E-state index is 0.204. The Morgan fingerprint density at radius 1 is 1.33 bits per heavy atom. The van der Waals surface area contributed by atoms with E-state index < -0.39 is 11.7 Å². The molecule has 0 aliphatic carbocycles. The minimum Gasteiger partial charge on any atom is -0.384 e. The summed E-state index contributed by atoms with van der Waals surface area (Å²) in [5, 5.41) is 2.60. The molecule has 2 rings (SSSR count). The van der Waals surface area contributed by atoms with Crippen molar-refractivity contribution in [2.75, 3.05) is 11.1 Å². The average Bonchev–Trinajstić information content (AvgIpc) is 2.34. The first-order valence-corrected chi connectivity index (χ1v) is 5.84. The number of benzene rings is 1. The van der Waals surface area contributed by atoms with E-state index in [2.05, 4.69) is 26.2 Å². The number of carbonyl (C=O) groups is 1. The first-order valence-electron chi connectivity index (χ1n) is 5.05. The third kappa shape index (κ3) is 2.84. The summed E-state index contributed by atoms with van der Waals surface area (Å²) in [4.78, 5) is 15.7. The molecule has 0 bridgehead atoms. The molecule has 18 heavy (non-hydrogen) atoms. The Hall–Kier alpha value is -1.95. The lowest BCUT2D eigenvalue weighted by Gasteiger charge is -2.05. The van der Waals surface area contributed by atoms with E-state index in [-0.39, 0.29) is 16.0 Å². The minimum atomic E-state index is -0.402. The lowest BCUT2D eigenvalue weighted by molar-refractivity contribution is 0.102. The van der Waals surface area contributed by atoms with Gasteiger partial charge >= 0.3 is 0 Å². The van der Waals surface area contributed by atoms with Gasteiger partial charge in [-0.2, -0.15) is 0 Å². The molecular weight excluding hydrogens is 301 g/mol. The molecule has 1 amide bonds. The summed E-state index contributed by atoms with van der Waals surface area (Å²) in [6, 6.07) is 8.96. The average molecular weight is 310 g/mol. The van der Waals surface area contributed by atoms with Crippen molar-refractivity contribution in [3.8, 4) is 0 Å². The highest BCUT2D eigenvalue weighted by molar-refractivity contribution is 9.10. The molecule has 4 nitrogen and oxygen atoms in total. The van der Waals surface area contributed by atoms with Gasteiger partial charge in [0.1, 0.15) is 17.3 Å². The SMILES string of the molecule is Nc1cccc(C(=O)Nc2ccc(F)c(Br)c2)n1. The summed E-state index contributed by atoms with van der Waals surface area (Å²) in [7, 11) is 0. The van der Waals surface area contributed by atoms with Gasteiger partial charge in [0.15, 0.2) is 0 Å². The Morgan fingerprint density at radius 3 is 2.78 bits per heavy atom. The van der Waals surface area contributed by atoms with Gasteiger partial charge in [-0.1, -0.05) is 6.07 Å². The molecule has 1 heterocycles. The zero-order chi connectivity index (χ0) is 13.1. The number of amides is 1. The highest BCUT2D eigenvalue weighted by atomic mass is 79.9. The fraction of sp³-hybridized carbons (Fsp3) is 0. The van der Waals surface area contributed by atoms with Crippen LogP contribution in [0.15, 0.2) is 40.9 Å². The highest BCUT2D eigenvalue weighted by Crippen LogP contribution is 2.20. The Balaban J connectivity index is 2.18. The smallest absolute Gasteiger partial charge is 0.274 e. The molecule has 0 spiro atoms. The number of anilines is 2. The number of halogens is 2. The van der Waals surface area contributed by atoms with Crippen LogP contribution in [0.2, 0.25) is 0 Å². The van der Waals surface area contributed by atoms with Gasteiger partial charge in [-0.25, -0.2) is 9.37 Å². The quantitative estimate of drug-likeness (QED) is 0.896. The Bertz CT molecular complexity index is 604. The molecule has 0 radical (unpaired) electrons. The van der Waals surface area contributed by atoms with Crippen LogP contribution in [0, 0.1) is 5.82 Å². The van der Waals surface area contributed by atoms with Gasteiger partial charge in [-0.3, -0.25) is 4.79 Å². The molecule has 6 heteroatoms. The molecular formula is C12H9BrFN3O. The maximum Gasteiger partial charge on any atom is 0.274 e. The second-order valence-electron chi connectivity index (χ2n) is 3.53. The predicted octanol–water partition coefficient (Wildman–Crippen LogP) is 2.82. The second-order valence-corrected chi connectivity index (χ2v) is 4.39. The highest BCUT2D eigenvalue weighted by Gasteiger charge is 2.09. The molecule has 3 N–H and O–H groups in total. The monoisotopic (exact) mass is 309 g/mol. The number of nitrogens with zero attached hydrogens (tertiary/aromatic N) is 1. The number of nitrogen functional groups attached to an aromatic ring is 1. The molecule has 0 fully saturated rings. The molecule has 2 aromatic rings. The molecule has 1 aromatic carbocycles. The third-order valence-corrected chi connectivity index (χ3v) is 2.79. The van der Waals surface area contributed by atoms with E-state index in [0.29, 0.717) is 5.69 Å². The van der Waals surface area contributed by atoms with E-state index in [1.54, 1.807) is 18.2 Å². The van der Waals surface area contributed by atoms with Crippen molar-refractivity contribution in [2.24, 2.45) is 0 Å². The molecule has 0 aliphatic heterocycles. The van der Waals surface area contributed by atoms with Crippen molar-refractivity contribution >= 4 is 33.3 Å². The molecule has 92 valence electrons. The predicted molar refractivity (Wildman–Crippen MR) is 70.7 cm³/mol. The van der Waals surface area contributed by atoms with Crippen molar-refractivity contribution < 1.29 is 9.18 Å². The van der Waals surface area contributed by atoms with Crippen LogP contribution in [0.25, 0.3) is 0 Å². The lowest BCUT2D eigenvalue weighted by Crippen LogP contribution is -2.14. The summed E-state index contributed by atoms with van der Waals surface area (Å²) in [6.45, 7) is 0. The zero-order valence-corrected chi connectivity index (χ0v) is 10.7. The number of rotatable bonds is 2. The molecule has 0 saturated heterocycles. The van der Waals surface area contributed by atoms with E-state index in [1.165, 1.54) is 18.2 Å². The van der Waals surface area contributed by atoms with Crippen LogP contribution in [0.3, 0.4) is 0 Å². The van der Waals surface area contributed by atoms with Gasteiger partial charge < -0.3 is 11.1 Å². The molecule has 0 atom stereocenters. The van der Waals surface area contributed by atoms with Crippen LogP contribution >= 0.6 is 15.9 Å². The van der Waals surface area contributed by atoms with Crippen LogP contribution in [-0.2, 0) is 0 Å². The van der Waals surface area contributed by atoms with Gasteiger partial charge in [0, 0.05) is 5.69 Å². The second kappa shape index (κ2) is 5.14. The summed E-state index contributed by atoms with van der Waals surface area (Å²) in [5.74, 6) is -0.529. The Morgan fingerprint density at radius 2 is 2.11 bits per heavy atom. The fourth-order valence-electron chi connectivity index (χ4n) is 1.35. The summed E-state index contributed by atoms with van der Waals surface area (Å²) in [5.41, 5.74) is 6.16. The lowest BCUT2D eigenvalue weighted by atomic mass is 10.3. The van der Waals surface area contributed by atoms with E-state index in [4.69, 9.17) is 5.73 Å². The van der Waals surface area contributed by atoms with E-state index >= 15 is 0 Å². The van der Waals surface area contributed by atoms with Gasteiger partial charge in [0.05, 0.1) is 4.47 Å². The van der Waals surface area contributed by atoms with Crippen molar-refractivity contribution in [3.63, 3.8) is 0 Å². The summed E-state index contributed by atoms with van der Waals surface area (Å²) < 4.78 is 13.3. The topological polar surface area (TPSA) is 68.0 Å². The van der Waals surface area contributed by atoms with Crippen molar-refractivity contribution in [2.45, 2.75) is 0 Å². The summed E-state index contributed by atoms with van der Waals surface area (Å²) in [6.07, 6.45) is 0. The number of pyridine rings is 1. The van der Waals surface area contributed by atoms with Gasteiger partial charge in [-0.15, -0.1) is 0 Å². The van der Waals surface area contributed by atoms with E-state index in [9.17, 15) is 9.18 Å². The van der Waals surface area contributed by atoms with Gasteiger partial charge in [0.2, 0.25) is 0 Å². The molecule has 0 saturated carbocycles. The number of hydrogen-bond donors (Lipinski definition) is 2. The maximum absolute atomic E-state index is 13.0. The fourth-order valence-corrected chi connectivity index (χ4v) is 1.73. The summed E-state index contributed by atoms with van der Waals surface area (Å²) >= 11 is 3.04. The van der Waals surface area contributed by atoms with E-state index in [0.717, 1.165) is 0 Å². The third-order valence-electron chi connectivity index (χ3n) is 2.18. The molecule has 1 aromatic heterocycles. The van der Waals surface area contributed by atoms with Crippen LogP contribution in [0.5, 0.6) is 0 Å². The maximum atomic E-state index is 13.0. The van der Waals surface area contributed by atoms with Gasteiger partial charge in [0.25, 0.3) is 5.91 Å². The van der Waals surface area contributed by atoms with Crippen LogP contribution in [0.1, 0.15) is 10.5 Å².